The minimum Gasteiger partial charge on any atom is -0.455 e. The van der Waals surface area contributed by atoms with Gasteiger partial charge in [0, 0.05) is 31.7 Å². The van der Waals surface area contributed by atoms with Gasteiger partial charge in [-0.2, -0.15) is 20.1 Å². The molecular formula is C24H28FN7O. The highest BCUT2D eigenvalue weighted by Crippen LogP contribution is 2.23. The molecule has 1 aromatic carbocycles. The van der Waals surface area contributed by atoms with E-state index < -0.39 is 0 Å². The summed E-state index contributed by atoms with van der Waals surface area (Å²) < 4.78 is 19.0. The fourth-order valence-electron chi connectivity index (χ4n) is 4.22. The van der Waals surface area contributed by atoms with Crippen molar-refractivity contribution >= 4 is 24.1 Å². The molecule has 0 bridgehead atoms. The SMILES string of the molecule is Fc1ccc(-c2ccc(/C=N\Nc3nc(N4CCCCC4)nc(N4CCCCC4)n3)o2)cc1. The van der Waals surface area contributed by atoms with Crippen LogP contribution >= 0.6 is 0 Å². The Morgan fingerprint density at radius 2 is 1.39 bits per heavy atom. The lowest BCUT2D eigenvalue weighted by molar-refractivity contribution is 0.556. The van der Waals surface area contributed by atoms with Crippen LogP contribution < -0.4 is 15.2 Å². The number of hydrazone groups is 1. The number of hydrogen-bond donors (Lipinski definition) is 1. The van der Waals surface area contributed by atoms with Gasteiger partial charge in [-0.05, 0) is 74.9 Å². The van der Waals surface area contributed by atoms with Gasteiger partial charge in [-0.3, -0.25) is 0 Å². The molecule has 2 fully saturated rings. The van der Waals surface area contributed by atoms with E-state index in [2.05, 4.69) is 30.3 Å². The van der Waals surface area contributed by atoms with Crippen molar-refractivity contribution in [3.05, 3.63) is 48.0 Å². The summed E-state index contributed by atoms with van der Waals surface area (Å²) >= 11 is 0. The second-order valence-electron chi connectivity index (χ2n) is 8.43. The molecule has 9 heteroatoms. The van der Waals surface area contributed by atoms with E-state index in [1.165, 1.54) is 25.0 Å². The molecule has 0 aliphatic carbocycles. The zero-order valence-electron chi connectivity index (χ0n) is 18.6. The molecule has 0 atom stereocenters. The molecule has 2 aliphatic rings. The first-order valence-corrected chi connectivity index (χ1v) is 11.7. The van der Waals surface area contributed by atoms with Crippen molar-refractivity contribution in [1.29, 1.82) is 0 Å². The predicted octanol–water partition coefficient (Wildman–Crippen LogP) is 4.70. The fraction of sp³-hybridized carbons (Fsp3) is 0.417. The van der Waals surface area contributed by atoms with E-state index >= 15 is 0 Å². The molecule has 2 saturated heterocycles. The Hall–Kier alpha value is -3.49. The summed E-state index contributed by atoms with van der Waals surface area (Å²) in [6.45, 7) is 3.85. The van der Waals surface area contributed by atoms with Gasteiger partial charge in [-0.25, -0.2) is 9.82 Å². The lowest BCUT2D eigenvalue weighted by Gasteiger charge is -2.30. The van der Waals surface area contributed by atoms with Crippen molar-refractivity contribution in [1.82, 2.24) is 15.0 Å². The Balaban J connectivity index is 1.32. The molecule has 3 aromatic rings. The predicted molar refractivity (Wildman–Crippen MR) is 127 cm³/mol. The quantitative estimate of drug-likeness (QED) is 0.431. The topological polar surface area (TPSA) is 82.7 Å². The lowest BCUT2D eigenvalue weighted by atomic mass is 10.1. The Labute approximate surface area is 192 Å². The van der Waals surface area contributed by atoms with E-state index in [0.29, 0.717) is 29.4 Å². The first kappa shape index (κ1) is 21.4. The molecule has 2 aliphatic heterocycles. The number of furan rings is 1. The highest BCUT2D eigenvalue weighted by Gasteiger charge is 2.20. The number of nitrogens with zero attached hydrogens (tertiary/aromatic N) is 6. The summed E-state index contributed by atoms with van der Waals surface area (Å²) in [4.78, 5) is 18.5. The number of aromatic nitrogens is 3. The van der Waals surface area contributed by atoms with E-state index in [0.717, 1.165) is 57.4 Å². The fourth-order valence-corrected chi connectivity index (χ4v) is 4.22. The van der Waals surface area contributed by atoms with Gasteiger partial charge in [0.1, 0.15) is 17.3 Å². The molecule has 0 saturated carbocycles. The molecule has 0 amide bonds. The Bertz CT molecular complexity index is 1050. The maximum absolute atomic E-state index is 13.1. The summed E-state index contributed by atoms with van der Waals surface area (Å²) in [5, 5.41) is 4.29. The Morgan fingerprint density at radius 3 is 2.00 bits per heavy atom. The number of anilines is 3. The normalized spacial score (nSPS) is 17.0. The average molecular weight is 450 g/mol. The van der Waals surface area contributed by atoms with Gasteiger partial charge in [0.25, 0.3) is 0 Å². The minimum atomic E-state index is -0.276. The number of halogens is 1. The van der Waals surface area contributed by atoms with Crippen LogP contribution in [0.1, 0.15) is 44.3 Å². The van der Waals surface area contributed by atoms with Gasteiger partial charge in [0.05, 0.1) is 6.21 Å². The van der Waals surface area contributed by atoms with Gasteiger partial charge in [0.2, 0.25) is 17.8 Å². The van der Waals surface area contributed by atoms with Crippen LogP contribution in [0.5, 0.6) is 0 Å². The molecule has 172 valence electrons. The standard InChI is InChI=1S/C24H28FN7O/c25-19-9-7-18(8-10-19)21-12-11-20(33-21)17-26-30-22-27-23(31-13-3-1-4-14-31)29-24(28-22)32-15-5-2-6-16-32/h7-12,17H,1-6,13-16H2,(H,27,28,29,30)/b26-17-. The third kappa shape index (κ3) is 5.30. The minimum absolute atomic E-state index is 0.276. The zero-order chi connectivity index (χ0) is 22.5. The molecule has 1 N–H and O–H groups in total. The maximum Gasteiger partial charge on any atom is 0.250 e. The van der Waals surface area contributed by atoms with Gasteiger partial charge in [-0.1, -0.05) is 0 Å². The molecule has 4 heterocycles. The maximum atomic E-state index is 13.1. The molecule has 0 radical (unpaired) electrons. The van der Waals surface area contributed by atoms with Crippen molar-refractivity contribution in [2.24, 2.45) is 5.10 Å². The summed E-state index contributed by atoms with van der Waals surface area (Å²) in [6.07, 6.45) is 8.69. The Kier molecular flexibility index (Phi) is 6.46. The van der Waals surface area contributed by atoms with Crippen molar-refractivity contribution in [2.75, 3.05) is 41.4 Å². The van der Waals surface area contributed by atoms with E-state index in [1.54, 1.807) is 18.3 Å². The van der Waals surface area contributed by atoms with E-state index in [-0.39, 0.29) is 5.82 Å². The molecule has 0 spiro atoms. The van der Waals surface area contributed by atoms with Crippen LogP contribution in [-0.2, 0) is 0 Å². The first-order chi connectivity index (χ1) is 16.2. The summed E-state index contributed by atoms with van der Waals surface area (Å²) in [7, 11) is 0. The monoisotopic (exact) mass is 449 g/mol. The van der Waals surface area contributed by atoms with Crippen molar-refractivity contribution in [3.63, 3.8) is 0 Å². The second-order valence-corrected chi connectivity index (χ2v) is 8.43. The van der Waals surface area contributed by atoms with E-state index in [1.807, 2.05) is 12.1 Å². The first-order valence-electron chi connectivity index (χ1n) is 11.7. The number of hydrogen-bond acceptors (Lipinski definition) is 8. The largest absolute Gasteiger partial charge is 0.455 e. The molecular weight excluding hydrogens is 421 g/mol. The molecule has 8 nitrogen and oxygen atoms in total. The summed E-state index contributed by atoms with van der Waals surface area (Å²) in [6, 6.07) is 9.84. The number of benzene rings is 1. The van der Waals surface area contributed by atoms with E-state index in [9.17, 15) is 4.39 Å². The molecule has 2 aromatic heterocycles. The number of nitrogens with one attached hydrogen (secondary N) is 1. The van der Waals surface area contributed by atoms with Crippen molar-refractivity contribution in [3.8, 4) is 11.3 Å². The van der Waals surface area contributed by atoms with Crippen LogP contribution in [0.3, 0.4) is 0 Å². The zero-order valence-corrected chi connectivity index (χ0v) is 18.6. The van der Waals surface area contributed by atoms with Gasteiger partial charge in [0.15, 0.2) is 0 Å². The number of rotatable bonds is 6. The van der Waals surface area contributed by atoms with Gasteiger partial charge < -0.3 is 14.2 Å². The highest BCUT2D eigenvalue weighted by atomic mass is 19.1. The third-order valence-corrected chi connectivity index (χ3v) is 6.00. The summed E-state index contributed by atoms with van der Waals surface area (Å²) in [5.41, 5.74) is 3.76. The van der Waals surface area contributed by atoms with Gasteiger partial charge >= 0.3 is 0 Å². The lowest BCUT2D eigenvalue weighted by Crippen LogP contribution is -2.34. The average Bonchev–Trinajstić information content (AvgIpc) is 3.34. The van der Waals surface area contributed by atoms with Crippen LogP contribution in [0, 0.1) is 5.82 Å². The Morgan fingerprint density at radius 1 is 0.788 bits per heavy atom. The van der Waals surface area contributed by atoms with Crippen LogP contribution in [0.15, 0.2) is 45.9 Å². The van der Waals surface area contributed by atoms with Gasteiger partial charge in [-0.15, -0.1) is 0 Å². The highest BCUT2D eigenvalue weighted by molar-refractivity contribution is 5.78. The van der Waals surface area contributed by atoms with Crippen LogP contribution in [-0.4, -0.2) is 47.3 Å². The molecule has 5 rings (SSSR count). The number of piperidine rings is 2. The second kappa shape index (κ2) is 9.97. The van der Waals surface area contributed by atoms with Crippen LogP contribution in [0.2, 0.25) is 0 Å². The van der Waals surface area contributed by atoms with Crippen molar-refractivity contribution in [2.45, 2.75) is 38.5 Å². The third-order valence-electron chi connectivity index (χ3n) is 6.00. The van der Waals surface area contributed by atoms with Crippen molar-refractivity contribution < 1.29 is 8.81 Å². The van der Waals surface area contributed by atoms with Crippen LogP contribution in [0.25, 0.3) is 11.3 Å². The molecule has 33 heavy (non-hydrogen) atoms. The smallest absolute Gasteiger partial charge is 0.250 e. The molecule has 0 unspecified atom stereocenters. The van der Waals surface area contributed by atoms with E-state index in [4.69, 9.17) is 9.40 Å². The van der Waals surface area contributed by atoms with Crippen LogP contribution in [0.4, 0.5) is 22.2 Å². The summed E-state index contributed by atoms with van der Waals surface area (Å²) in [5.74, 6) is 2.79.